The third-order valence-corrected chi connectivity index (χ3v) is 5.37. The van der Waals surface area contributed by atoms with Crippen molar-refractivity contribution in [3.63, 3.8) is 0 Å². The molecular formula is C17H16AsN2O2. The van der Waals surface area contributed by atoms with Crippen LogP contribution in [0.25, 0.3) is 0 Å². The second-order valence-electron chi connectivity index (χ2n) is 4.82. The van der Waals surface area contributed by atoms with Gasteiger partial charge in [-0.2, -0.15) is 0 Å². The number of nitrogens with zero attached hydrogens (tertiary/aromatic N) is 1. The summed E-state index contributed by atoms with van der Waals surface area (Å²) in [4.78, 5) is 16.5. The van der Waals surface area contributed by atoms with E-state index in [4.69, 9.17) is 4.74 Å². The summed E-state index contributed by atoms with van der Waals surface area (Å²) in [5.41, 5.74) is 0.675. The van der Waals surface area contributed by atoms with Gasteiger partial charge in [-0.3, -0.25) is 0 Å². The van der Waals surface area contributed by atoms with Crippen LogP contribution in [0, 0.1) is 0 Å². The summed E-state index contributed by atoms with van der Waals surface area (Å²) in [6, 6.07) is 17.1. The first-order valence-electron chi connectivity index (χ1n) is 7.12. The van der Waals surface area contributed by atoms with Crippen molar-refractivity contribution < 1.29 is 9.53 Å². The maximum atomic E-state index is 12.0. The van der Waals surface area contributed by atoms with Gasteiger partial charge in [-0.15, -0.1) is 0 Å². The van der Waals surface area contributed by atoms with Gasteiger partial charge >= 0.3 is 136 Å². The Morgan fingerprint density at radius 1 is 1.18 bits per heavy atom. The topological polar surface area (TPSA) is 50.7 Å². The van der Waals surface area contributed by atoms with Gasteiger partial charge in [0.2, 0.25) is 0 Å². The molecule has 2 aromatic rings. The Balaban J connectivity index is 1.59. The third kappa shape index (κ3) is 3.98. The van der Waals surface area contributed by atoms with Gasteiger partial charge in [0.1, 0.15) is 0 Å². The molecule has 0 unspecified atom stereocenters. The number of nitrogens with one attached hydrogen (secondary N) is 1. The molecule has 0 aliphatic carbocycles. The molecule has 22 heavy (non-hydrogen) atoms. The molecule has 0 fully saturated rings. The first kappa shape index (κ1) is 14.9. The number of rotatable bonds is 6. The molecule has 1 radical (unpaired) electrons. The van der Waals surface area contributed by atoms with Crippen molar-refractivity contribution in [2.24, 2.45) is 4.99 Å². The van der Waals surface area contributed by atoms with Crippen molar-refractivity contribution >= 4 is 30.5 Å². The first-order chi connectivity index (χ1) is 10.8. The molecule has 1 N–H and O–H groups in total. The quantitative estimate of drug-likeness (QED) is 0.627. The van der Waals surface area contributed by atoms with E-state index in [0.29, 0.717) is 5.56 Å². The number of ketones is 1. The van der Waals surface area contributed by atoms with Gasteiger partial charge in [0.25, 0.3) is 0 Å². The number of carbonyl (C=O) groups is 1. The molecule has 111 valence electrons. The standard InChI is InChI=1S/C17H16AsN2O2/c21-16(13-5-2-1-3-6-13)12-22-15-8-4-7-14(11-15)18-17-19-9-10-20-17/h1-8,11H,9-10,12H2,(H,19,20). The summed E-state index contributed by atoms with van der Waals surface area (Å²) in [5.74, 6) is 0.719. The molecule has 0 bridgehead atoms. The number of hydrogen-bond acceptors (Lipinski definition) is 4. The molecule has 0 spiro atoms. The molecule has 4 nitrogen and oxygen atoms in total. The van der Waals surface area contributed by atoms with Crippen LogP contribution in [-0.2, 0) is 0 Å². The predicted molar refractivity (Wildman–Crippen MR) is 88.4 cm³/mol. The van der Waals surface area contributed by atoms with Crippen LogP contribution in [0.15, 0.2) is 59.6 Å². The number of hydrogen-bond donors (Lipinski definition) is 1. The molecule has 2 aromatic carbocycles. The average molecular weight is 355 g/mol. The predicted octanol–water partition coefficient (Wildman–Crippen LogP) is 1.24. The van der Waals surface area contributed by atoms with Crippen LogP contribution in [0.2, 0.25) is 0 Å². The van der Waals surface area contributed by atoms with Gasteiger partial charge in [-0.05, 0) is 0 Å². The SMILES string of the molecule is O=C(COc1cccc([As]C2=NCCN2)c1)c1ccccc1. The summed E-state index contributed by atoms with van der Waals surface area (Å²) in [7, 11) is 0. The normalized spacial score (nSPS) is 13.9. The van der Waals surface area contributed by atoms with Crippen LogP contribution in [0.3, 0.4) is 0 Å². The van der Waals surface area contributed by atoms with E-state index in [1.54, 1.807) is 12.1 Å². The molecule has 0 atom stereocenters. The average Bonchev–Trinajstić information content (AvgIpc) is 3.07. The van der Waals surface area contributed by atoms with Crippen molar-refractivity contribution in [2.75, 3.05) is 19.7 Å². The Morgan fingerprint density at radius 3 is 2.82 bits per heavy atom. The van der Waals surface area contributed by atoms with Crippen LogP contribution in [0.4, 0.5) is 0 Å². The van der Waals surface area contributed by atoms with Gasteiger partial charge < -0.3 is 0 Å². The summed E-state index contributed by atoms with van der Waals surface area (Å²) in [5, 5.41) is 3.29. The van der Waals surface area contributed by atoms with E-state index in [1.807, 2.05) is 36.4 Å². The van der Waals surface area contributed by atoms with Gasteiger partial charge in [-0.1, -0.05) is 0 Å². The number of Topliss-reactive ketones (excluding diaryl/α,β-unsaturated/α-hetero) is 1. The van der Waals surface area contributed by atoms with Gasteiger partial charge in [-0.25, -0.2) is 0 Å². The fourth-order valence-electron chi connectivity index (χ4n) is 2.08. The van der Waals surface area contributed by atoms with Crippen molar-refractivity contribution in [3.8, 4) is 5.75 Å². The van der Waals surface area contributed by atoms with Crippen LogP contribution in [0.5, 0.6) is 5.75 Å². The monoisotopic (exact) mass is 355 g/mol. The molecule has 3 rings (SSSR count). The van der Waals surface area contributed by atoms with Crippen molar-refractivity contribution in [3.05, 3.63) is 60.2 Å². The van der Waals surface area contributed by atoms with Crippen LogP contribution in [-0.4, -0.2) is 45.9 Å². The number of aliphatic imine (C=N–C) groups is 1. The van der Waals surface area contributed by atoms with Crippen LogP contribution >= 0.6 is 0 Å². The maximum absolute atomic E-state index is 12.0. The van der Waals surface area contributed by atoms with E-state index in [9.17, 15) is 4.79 Å². The van der Waals surface area contributed by atoms with E-state index in [2.05, 4.69) is 16.4 Å². The molecule has 0 saturated carbocycles. The molecule has 0 amide bonds. The Morgan fingerprint density at radius 2 is 2.05 bits per heavy atom. The Hall–Kier alpha value is -2.06. The number of ether oxygens (including phenoxy) is 1. The van der Waals surface area contributed by atoms with Gasteiger partial charge in [0, 0.05) is 0 Å². The minimum absolute atomic E-state index is 0.0129. The number of carbonyl (C=O) groups excluding carboxylic acids is 1. The van der Waals surface area contributed by atoms with Gasteiger partial charge in [0.05, 0.1) is 0 Å². The molecule has 0 saturated heterocycles. The van der Waals surface area contributed by atoms with Crippen LogP contribution < -0.4 is 14.4 Å². The fraction of sp³-hybridized carbons (Fsp3) is 0.176. The van der Waals surface area contributed by atoms with Crippen molar-refractivity contribution in [2.45, 2.75) is 0 Å². The fourth-order valence-corrected chi connectivity index (χ4v) is 4.09. The molecule has 1 heterocycles. The zero-order valence-corrected chi connectivity index (χ0v) is 13.9. The Labute approximate surface area is 136 Å². The second kappa shape index (κ2) is 7.28. The summed E-state index contributed by atoms with van der Waals surface area (Å²) >= 11 is -0.135. The zero-order chi connectivity index (χ0) is 15.2. The number of benzene rings is 2. The molecule has 1 aliphatic heterocycles. The number of amidine groups is 1. The van der Waals surface area contributed by atoms with E-state index < -0.39 is 0 Å². The molecule has 1 aliphatic rings. The van der Waals surface area contributed by atoms with E-state index in [-0.39, 0.29) is 28.1 Å². The van der Waals surface area contributed by atoms with Crippen molar-refractivity contribution in [1.29, 1.82) is 0 Å². The van der Waals surface area contributed by atoms with E-state index >= 15 is 0 Å². The zero-order valence-electron chi connectivity index (χ0n) is 12.0. The van der Waals surface area contributed by atoms with Crippen molar-refractivity contribution in [1.82, 2.24) is 5.32 Å². The molecular weight excluding hydrogens is 339 g/mol. The summed E-state index contributed by atoms with van der Waals surface area (Å²) in [6.45, 7) is 1.86. The second-order valence-corrected chi connectivity index (χ2v) is 7.26. The minimum atomic E-state index is -0.135. The van der Waals surface area contributed by atoms with E-state index in [0.717, 1.165) is 23.5 Å². The first-order valence-corrected chi connectivity index (χ1v) is 9.00. The summed E-state index contributed by atoms with van der Waals surface area (Å²) < 4.78 is 7.95. The summed E-state index contributed by atoms with van der Waals surface area (Å²) in [6.07, 6.45) is 0. The third-order valence-electron chi connectivity index (χ3n) is 3.17. The van der Waals surface area contributed by atoms with E-state index in [1.165, 1.54) is 4.35 Å². The van der Waals surface area contributed by atoms with Crippen LogP contribution in [0.1, 0.15) is 10.4 Å². The molecule has 0 aromatic heterocycles. The molecule has 5 heteroatoms. The van der Waals surface area contributed by atoms with Gasteiger partial charge in [0.15, 0.2) is 0 Å². The Bertz CT molecular complexity index is 686. The Kier molecular flexibility index (Phi) is 4.91.